The van der Waals surface area contributed by atoms with Gasteiger partial charge in [0.05, 0.1) is 10.9 Å². The smallest absolute Gasteiger partial charge is 0.0931 e. The van der Waals surface area contributed by atoms with Gasteiger partial charge in [0.1, 0.15) is 0 Å². The van der Waals surface area contributed by atoms with Crippen LogP contribution >= 0.6 is 38.9 Å². The lowest BCUT2D eigenvalue weighted by atomic mass is 10.1. The van der Waals surface area contributed by atoms with Crippen molar-refractivity contribution >= 4 is 44.6 Å². The molecule has 1 aromatic heterocycles. The van der Waals surface area contributed by atoms with E-state index in [1.54, 1.807) is 11.3 Å². The van der Waals surface area contributed by atoms with Crippen molar-refractivity contribution in [2.45, 2.75) is 19.5 Å². The van der Waals surface area contributed by atoms with Crippen molar-refractivity contribution in [3.8, 4) is 0 Å². The number of hydrogen-bond acceptors (Lipinski definition) is 3. The highest BCUT2D eigenvalue weighted by atomic mass is 79.9. The van der Waals surface area contributed by atoms with E-state index in [2.05, 4.69) is 46.1 Å². The van der Waals surface area contributed by atoms with Crippen molar-refractivity contribution in [1.82, 2.24) is 0 Å². The van der Waals surface area contributed by atoms with Gasteiger partial charge < -0.3 is 10.6 Å². The lowest BCUT2D eigenvalue weighted by Gasteiger charge is -2.24. The zero-order valence-electron chi connectivity index (χ0n) is 10.9. The monoisotopic (exact) mass is 358 g/mol. The fourth-order valence-corrected chi connectivity index (χ4v) is 3.48. The molecular formula is C14H16BrClN2S. The molecule has 0 amide bonds. The van der Waals surface area contributed by atoms with Crippen molar-refractivity contribution in [1.29, 1.82) is 0 Å². The van der Waals surface area contributed by atoms with Crippen LogP contribution in [0.4, 0.5) is 5.69 Å². The molecule has 2 aromatic rings. The van der Waals surface area contributed by atoms with Crippen LogP contribution in [0, 0.1) is 0 Å². The normalized spacial score (nSPS) is 12.5. The third-order valence-corrected chi connectivity index (χ3v) is 4.63. The van der Waals surface area contributed by atoms with Gasteiger partial charge in [0, 0.05) is 28.1 Å². The largest absolute Gasteiger partial charge is 0.369 e. The topological polar surface area (TPSA) is 29.3 Å². The Morgan fingerprint density at radius 3 is 2.68 bits per heavy atom. The van der Waals surface area contributed by atoms with Crippen LogP contribution in [0.3, 0.4) is 0 Å². The predicted octanol–water partition coefficient (Wildman–Crippen LogP) is 4.82. The molecule has 102 valence electrons. The summed E-state index contributed by atoms with van der Waals surface area (Å²) in [5.41, 5.74) is 8.33. The van der Waals surface area contributed by atoms with E-state index in [9.17, 15) is 0 Å². The minimum atomic E-state index is 0.0115. The second-order valence-electron chi connectivity index (χ2n) is 4.55. The molecule has 0 saturated heterocycles. The molecule has 1 heterocycles. The van der Waals surface area contributed by atoms with E-state index in [0.717, 1.165) is 26.6 Å². The summed E-state index contributed by atoms with van der Waals surface area (Å²) in [6, 6.07) is 10.2. The van der Waals surface area contributed by atoms with Gasteiger partial charge in [0.25, 0.3) is 0 Å². The van der Waals surface area contributed by atoms with E-state index >= 15 is 0 Å². The Morgan fingerprint density at radius 2 is 2.11 bits per heavy atom. The van der Waals surface area contributed by atoms with Crippen LogP contribution in [0.1, 0.15) is 23.4 Å². The molecular weight excluding hydrogens is 344 g/mol. The molecule has 0 bridgehead atoms. The second-order valence-corrected chi connectivity index (χ2v) is 7.27. The summed E-state index contributed by atoms with van der Waals surface area (Å²) in [5.74, 6) is 0. The average molecular weight is 360 g/mol. The summed E-state index contributed by atoms with van der Waals surface area (Å²) in [6.45, 7) is 2.83. The summed E-state index contributed by atoms with van der Waals surface area (Å²) in [4.78, 5) is 3.44. The van der Waals surface area contributed by atoms with Gasteiger partial charge in [-0.15, -0.1) is 11.3 Å². The summed E-state index contributed by atoms with van der Waals surface area (Å²) < 4.78 is 1.88. The first-order valence-electron chi connectivity index (χ1n) is 5.97. The minimum absolute atomic E-state index is 0.0115. The first kappa shape index (κ1) is 14.9. The molecule has 19 heavy (non-hydrogen) atoms. The van der Waals surface area contributed by atoms with Crippen LogP contribution in [0.5, 0.6) is 0 Å². The lowest BCUT2D eigenvalue weighted by Crippen LogP contribution is -2.19. The summed E-state index contributed by atoms with van der Waals surface area (Å²) in [5, 5.41) is 0. The molecule has 2 nitrogen and oxygen atoms in total. The van der Waals surface area contributed by atoms with Crippen molar-refractivity contribution in [3.63, 3.8) is 0 Å². The summed E-state index contributed by atoms with van der Waals surface area (Å²) >= 11 is 11.1. The van der Waals surface area contributed by atoms with Gasteiger partial charge in [-0.1, -0.05) is 33.6 Å². The van der Waals surface area contributed by atoms with Crippen molar-refractivity contribution < 1.29 is 0 Å². The molecule has 2 N–H and O–H groups in total. The van der Waals surface area contributed by atoms with Crippen LogP contribution in [0.15, 0.2) is 34.8 Å². The third-order valence-electron chi connectivity index (χ3n) is 2.92. The van der Waals surface area contributed by atoms with E-state index in [0.29, 0.717) is 0 Å². The second kappa shape index (κ2) is 6.27. The third kappa shape index (κ3) is 3.72. The Morgan fingerprint density at radius 1 is 1.37 bits per heavy atom. The average Bonchev–Trinajstić information content (AvgIpc) is 2.74. The maximum absolute atomic E-state index is 6.04. The molecule has 5 heteroatoms. The van der Waals surface area contributed by atoms with Gasteiger partial charge in [0.2, 0.25) is 0 Å². The molecule has 0 radical (unpaired) electrons. The Bertz CT molecular complexity index is 568. The van der Waals surface area contributed by atoms with E-state index in [1.807, 2.05) is 19.1 Å². The first-order valence-corrected chi connectivity index (χ1v) is 7.96. The molecule has 1 aromatic carbocycles. The number of nitrogens with zero attached hydrogens (tertiary/aromatic N) is 1. The highest BCUT2D eigenvalue weighted by Crippen LogP contribution is 2.30. The number of thiophene rings is 1. The molecule has 0 aliphatic heterocycles. The van der Waals surface area contributed by atoms with Crippen molar-refractivity contribution in [2.75, 3.05) is 11.9 Å². The molecule has 0 fully saturated rings. The molecule has 2 rings (SSSR count). The molecule has 1 atom stereocenters. The Balaban J connectivity index is 2.27. The molecule has 0 saturated carbocycles. The molecule has 0 aliphatic rings. The van der Waals surface area contributed by atoms with Gasteiger partial charge in [-0.2, -0.15) is 0 Å². The Labute approximate surface area is 131 Å². The Hall–Kier alpha value is -0.550. The molecule has 0 spiro atoms. The van der Waals surface area contributed by atoms with Crippen molar-refractivity contribution in [2.24, 2.45) is 5.73 Å². The summed E-state index contributed by atoms with van der Waals surface area (Å²) in [7, 11) is 2.07. The Kier molecular flexibility index (Phi) is 4.90. The number of rotatable bonds is 4. The quantitative estimate of drug-likeness (QED) is 0.848. The molecule has 1 unspecified atom stereocenters. The zero-order valence-corrected chi connectivity index (χ0v) is 14.0. The fraction of sp³-hybridized carbons (Fsp3) is 0.286. The van der Waals surface area contributed by atoms with Gasteiger partial charge in [-0.25, -0.2) is 0 Å². The highest BCUT2D eigenvalue weighted by molar-refractivity contribution is 9.10. The lowest BCUT2D eigenvalue weighted by molar-refractivity contribution is 0.802. The van der Waals surface area contributed by atoms with E-state index in [1.165, 1.54) is 4.88 Å². The van der Waals surface area contributed by atoms with Gasteiger partial charge >= 0.3 is 0 Å². The van der Waals surface area contributed by atoms with Gasteiger partial charge in [0.15, 0.2) is 0 Å². The molecule has 0 aliphatic carbocycles. The van der Waals surface area contributed by atoms with E-state index in [4.69, 9.17) is 17.3 Å². The van der Waals surface area contributed by atoms with E-state index < -0.39 is 0 Å². The van der Waals surface area contributed by atoms with Crippen LogP contribution in [-0.4, -0.2) is 7.05 Å². The minimum Gasteiger partial charge on any atom is -0.369 e. The first-order chi connectivity index (χ1) is 8.97. The number of halogens is 2. The standard InChI is InChI=1S/C14H16BrClN2S/c1-9(17)12-5-3-10(15)7-13(12)18(2)8-11-4-6-14(16)19-11/h3-7,9H,8,17H2,1-2H3. The zero-order chi connectivity index (χ0) is 14.0. The van der Waals surface area contributed by atoms with Crippen LogP contribution in [0.25, 0.3) is 0 Å². The van der Waals surface area contributed by atoms with E-state index in [-0.39, 0.29) is 6.04 Å². The van der Waals surface area contributed by atoms with Crippen LogP contribution in [-0.2, 0) is 6.54 Å². The maximum Gasteiger partial charge on any atom is 0.0931 e. The summed E-state index contributed by atoms with van der Waals surface area (Å²) in [6.07, 6.45) is 0. The number of nitrogens with two attached hydrogens (primary N) is 1. The van der Waals surface area contributed by atoms with Gasteiger partial charge in [-0.3, -0.25) is 0 Å². The SMILES string of the molecule is CC(N)c1ccc(Br)cc1N(C)Cc1ccc(Cl)s1. The maximum atomic E-state index is 6.04. The number of anilines is 1. The van der Waals surface area contributed by atoms with Crippen LogP contribution in [0.2, 0.25) is 4.34 Å². The van der Waals surface area contributed by atoms with Crippen LogP contribution < -0.4 is 10.6 Å². The number of hydrogen-bond donors (Lipinski definition) is 1. The highest BCUT2D eigenvalue weighted by Gasteiger charge is 2.12. The van der Waals surface area contributed by atoms with Gasteiger partial charge in [-0.05, 0) is 36.8 Å². The number of benzene rings is 1. The fourth-order valence-electron chi connectivity index (χ4n) is 1.99. The predicted molar refractivity (Wildman–Crippen MR) is 88.2 cm³/mol. The van der Waals surface area contributed by atoms with Crippen molar-refractivity contribution in [3.05, 3.63) is 49.6 Å².